The van der Waals surface area contributed by atoms with Gasteiger partial charge in [0.15, 0.2) is 0 Å². The molecule has 1 heterocycles. The van der Waals surface area contributed by atoms with Crippen molar-refractivity contribution in [1.29, 1.82) is 0 Å². The van der Waals surface area contributed by atoms with Crippen LogP contribution in [0.1, 0.15) is 46.0 Å². The Kier molecular flexibility index (Phi) is 5.77. The number of carbonyl (C=O) groups is 1. The van der Waals surface area contributed by atoms with Crippen molar-refractivity contribution >= 4 is 5.97 Å². The molecule has 0 aromatic rings. The first kappa shape index (κ1) is 13.5. The van der Waals surface area contributed by atoms with Crippen LogP contribution in [0.3, 0.4) is 0 Å². The Balaban J connectivity index is 2.15. The number of esters is 1. The Morgan fingerprint density at radius 3 is 2.88 bits per heavy atom. The normalized spacial score (nSPS) is 30.1. The van der Waals surface area contributed by atoms with Crippen LogP contribution < -0.4 is 5.73 Å². The van der Waals surface area contributed by atoms with E-state index in [2.05, 4.69) is 6.92 Å². The average Bonchev–Trinajstić information content (AvgIpc) is 2.28. The molecule has 1 aliphatic heterocycles. The zero-order chi connectivity index (χ0) is 12.0. The molecule has 16 heavy (non-hydrogen) atoms. The molecule has 94 valence electrons. The number of rotatable bonds is 5. The molecule has 0 radical (unpaired) electrons. The van der Waals surface area contributed by atoms with Gasteiger partial charge in [0.1, 0.15) is 6.61 Å². The summed E-state index contributed by atoms with van der Waals surface area (Å²) in [6, 6.07) is 0.118. The van der Waals surface area contributed by atoms with Gasteiger partial charge in [-0.05, 0) is 26.2 Å². The number of nitrogens with two attached hydrogens (primary N) is 1. The zero-order valence-electron chi connectivity index (χ0n) is 10.3. The summed E-state index contributed by atoms with van der Waals surface area (Å²) in [5.41, 5.74) is 5.83. The van der Waals surface area contributed by atoms with E-state index in [1.807, 2.05) is 6.92 Å². The van der Waals surface area contributed by atoms with Gasteiger partial charge in [0.25, 0.3) is 0 Å². The minimum absolute atomic E-state index is 0.0281. The topological polar surface area (TPSA) is 61.5 Å². The maximum atomic E-state index is 11.3. The fourth-order valence-electron chi connectivity index (χ4n) is 1.79. The fourth-order valence-corrected chi connectivity index (χ4v) is 1.79. The van der Waals surface area contributed by atoms with Crippen LogP contribution in [0, 0.1) is 0 Å². The van der Waals surface area contributed by atoms with Crippen LogP contribution in [-0.4, -0.2) is 30.8 Å². The summed E-state index contributed by atoms with van der Waals surface area (Å²) in [4.78, 5) is 11.3. The monoisotopic (exact) mass is 229 g/mol. The minimum Gasteiger partial charge on any atom is -0.463 e. The van der Waals surface area contributed by atoms with Crippen LogP contribution >= 0.6 is 0 Å². The first-order valence-electron chi connectivity index (χ1n) is 6.20. The molecule has 4 heteroatoms. The third-order valence-electron chi connectivity index (χ3n) is 3.00. The summed E-state index contributed by atoms with van der Waals surface area (Å²) in [5, 5.41) is 0. The van der Waals surface area contributed by atoms with Crippen LogP contribution in [0.2, 0.25) is 0 Å². The smallest absolute Gasteiger partial charge is 0.305 e. The number of hydrogen-bond donors (Lipinski definition) is 1. The second-order valence-corrected chi connectivity index (χ2v) is 4.49. The third-order valence-corrected chi connectivity index (χ3v) is 3.00. The van der Waals surface area contributed by atoms with Crippen LogP contribution in [0.5, 0.6) is 0 Å². The predicted octanol–water partition coefficient (Wildman–Crippen LogP) is 1.61. The number of ether oxygens (including phenoxy) is 2. The van der Waals surface area contributed by atoms with Gasteiger partial charge in [-0.25, -0.2) is 0 Å². The highest BCUT2D eigenvalue weighted by Crippen LogP contribution is 2.18. The molecule has 0 bridgehead atoms. The van der Waals surface area contributed by atoms with E-state index < -0.39 is 0 Å². The molecule has 0 amide bonds. The second-order valence-electron chi connectivity index (χ2n) is 4.49. The molecule has 3 unspecified atom stereocenters. The van der Waals surface area contributed by atoms with E-state index in [1.54, 1.807) is 0 Å². The summed E-state index contributed by atoms with van der Waals surface area (Å²) in [5.74, 6) is -0.118. The van der Waals surface area contributed by atoms with Crippen molar-refractivity contribution in [3.8, 4) is 0 Å². The van der Waals surface area contributed by atoms with Crippen molar-refractivity contribution in [1.82, 2.24) is 0 Å². The SMILES string of the molecule is CCCCC(=O)OCC1CCC(N)C(C)O1. The van der Waals surface area contributed by atoms with E-state index in [4.69, 9.17) is 15.2 Å². The van der Waals surface area contributed by atoms with E-state index in [0.29, 0.717) is 13.0 Å². The minimum atomic E-state index is -0.118. The number of carbonyl (C=O) groups excluding carboxylic acids is 1. The van der Waals surface area contributed by atoms with Crippen molar-refractivity contribution < 1.29 is 14.3 Å². The first-order chi connectivity index (χ1) is 7.63. The maximum Gasteiger partial charge on any atom is 0.305 e. The lowest BCUT2D eigenvalue weighted by Crippen LogP contribution is -2.43. The highest BCUT2D eigenvalue weighted by atomic mass is 16.6. The van der Waals surface area contributed by atoms with E-state index in [1.165, 1.54) is 0 Å². The highest BCUT2D eigenvalue weighted by Gasteiger charge is 2.26. The molecule has 0 aliphatic carbocycles. The molecule has 1 fully saturated rings. The zero-order valence-corrected chi connectivity index (χ0v) is 10.3. The van der Waals surface area contributed by atoms with Gasteiger partial charge in [0, 0.05) is 12.5 Å². The second kappa shape index (κ2) is 6.86. The summed E-state index contributed by atoms with van der Waals surface area (Å²) in [7, 11) is 0. The van der Waals surface area contributed by atoms with Gasteiger partial charge in [-0.1, -0.05) is 13.3 Å². The third kappa shape index (κ3) is 4.49. The van der Waals surface area contributed by atoms with Crippen LogP contribution in [0.15, 0.2) is 0 Å². The lowest BCUT2D eigenvalue weighted by molar-refractivity contribution is -0.152. The van der Waals surface area contributed by atoms with Gasteiger partial charge in [-0.2, -0.15) is 0 Å². The highest BCUT2D eigenvalue weighted by molar-refractivity contribution is 5.69. The van der Waals surface area contributed by atoms with Gasteiger partial charge in [0.2, 0.25) is 0 Å². The standard InChI is InChI=1S/C12H23NO3/c1-3-4-5-12(14)15-8-10-6-7-11(13)9(2)16-10/h9-11H,3-8,13H2,1-2H3. The summed E-state index contributed by atoms with van der Waals surface area (Å²) >= 11 is 0. The van der Waals surface area contributed by atoms with Gasteiger partial charge >= 0.3 is 5.97 Å². The largest absolute Gasteiger partial charge is 0.463 e. The lowest BCUT2D eigenvalue weighted by Gasteiger charge is -2.32. The van der Waals surface area contributed by atoms with E-state index in [0.717, 1.165) is 25.7 Å². The van der Waals surface area contributed by atoms with E-state index in [-0.39, 0.29) is 24.2 Å². The van der Waals surface area contributed by atoms with Crippen molar-refractivity contribution in [2.75, 3.05) is 6.61 Å². The molecule has 1 aliphatic rings. The summed E-state index contributed by atoms with van der Waals surface area (Å²) in [6.07, 6.45) is 4.34. The predicted molar refractivity (Wildman–Crippen MR) is 62.0 cm³/mol. The molecular formula is C12H23NO3. The molecular weight excluding hydrogens is 206 g/mol. The molecule has 0 aromatic heterocycles. The van der Waals surface area contributed by atoms with Crippen LogP contribution in [0.4, 0.5) is 0 Å². The van der Waals surface area contributed by atoms with Crippen molar-refractivity contribution in [3.63, 3.8) is 0 Å². The quantitative estimate of drug-likeness (QED) is 0.728. The first-order valence-corrected chi connectivity index (χ1v) is 6.20. The maximum absolute atomic E-state index is 11.3. The van der Waals surface area contributed by atoms with Gasteiger partial charge in [0.05, 0.1) is 12.2 Å². The van der Waals surface area contributed by atoms with Gasteiger partial charge in [-0.15, -0.1) is 0 Å². The molecule has 0 spiro atoms. The molecule has 4 nitrogen and oxygen atoms in total. The van der Waals surface area contributed by atoms with Crippen LogP contribution in [-0.2, 0) is 14.3 Å². The van der Waals surface area contributed by atoms with E-state index in [9.17, 15) is 4.79 Å². The summed E-state index contributed by atoms with van der Waals surface area (Å²) in [6.45, 7) is 4.40. The Bertz CT molecular complexity index is 220. The Morgan fingerprint density at radius 1 is 1.50 bits per heavy atom. The van der Waals surface area contributed by atoms with Crippen LogP contribution in [0.25, 0.3) is 0 Å². The molecule has 0 aromatic carbocycles. The molecule has 1 saturated heterocycles. The molecule has 1 rings (SSSR count). The van der Waals surface area contributed by atoms with Crippen molar-refractivity contribution in [2.24, 2.45) is 5.73 Å². The molecule has 2 N–H and O–H groups in total. The molecule has 0 saturated carbocycles. The summed E-state index contributed by atoms with van der Waals surface area (Å²) < 4.78 is 10.8. The number of unbranched alkanes of at least 4 members (excludes halogenated alkanes) is 1. The lowest BCUT2D eigenvalue weighted by atomic mass is 10.0. The van der Waals surface area contributed by atoms with Gasteiger partial charge in [-0.3, -0.25) is 4.79 Å². The Hall–Kier alpha value is -0.610. The fraction of sp³-hybridized carbons (Fsp3) is 0.917. The number of hydrogen-bond acceptors (Lipinski definition) is 4. The van der Waals surface area contributed by atoms with Crippen molar-refractivity contribution in [2.45, 2.75) is 64.2 Å². The van der Waals surface area contributed by atoms with Gasteiger partial charge < -0.3 is 15.2 Å². The van der Waals surface area contributed by atoms with Crippen molar-refractivity contribution in [3.05, 3.63) is 0 Å². The average molecular weight is 229 g/mol. The Labute approximate surface area is 97.5 Å². The van der Waals surface area contributed by atoms with E-state index >= 15 is 0 Å². The Morgan fingerprint density at radius 2 is 2.25 bits per heavy atom. The molecule has 3 atom stereocenters.